The fourth-order valence-electron chi connectivity index (χ4n) is 4.09. The van der Waals surface area contributed by atoms with Gasteiger partial charge in [0.1, 0.15) is 18.1 Å². The molecule has 40 heavy (non-hydrogen) atoms. The Bertz CT molecular complexity index is 1240. The molecule has 0 saturated heterocycles. The normalized spacial score (nSPS) is 14.1. The zero-order valence-corrected chi connectivity index (χ0v) is 22.3. The third-order valence-corrected chi connectivity index (χ3v) is 6.09. The first-order chi connectivity index (χ1) is 18.8. The Morgan fingerprint density at radius 2 is 1.50 bits per heavy atom. The summed E-state index contributed by atoms with van der Waals surface area (Å²) in [4.78, 5) is 76.0. The Hall–Kier alpha value is -4.46. The van der Waals surface area contributed by atoms with Crippen LogP contribution in [-0.4, -0.2) is 74.9 Å². The largest absolute Gasteiger partial charge is 0.481 e. The minimum Gasteiger partial charge on any atom is -0.481 e. The van der Waals surface area contributed by atoms with E-state index in [1.54, 1.807) is 20.0 Å². The van der Waals surface area contributed by atoms with Crippen LogP contribution in [0.15, 0.2) is 30.5 Å². The van der Waals surface area contributed by atoms with Crippen LogP contribution in [0, 0.1) is 5.92 Å². The predicted octanol–water partition coefficient (Wildman–Crippen LogP) is -0.637. The average Bonchev–Trinajstić information content (AvgIpc) is 3.27. The Labute approximate surface area is 230 Å². The van der Waals surface area contributed by atoms with E-state index in [2.05, 4.69) is 20.9 Å². The Morgan fingerprint density at radius 1 is 0.900 bits per heavy atom. The number of aromatic amines is 1. The van der Waals surface area contributed by atoms with Crippen molar-refractivity contribution in [3.8, 4) is 0 Å². The molecule has 0 aliphatic heterocycles. The van der Waals surface area contributed by atoms with Crippen molar-refractivity contribution < 1.29 is 39.0 Å². The van der Waals surface area contributed by atoms with Crippen molar-refractivity contribution in [2.45, 2.75) is 70.1 Å². The molecule has 0 aliphatic carbocycles. The van der Waals surface area contributed by atoms with Gasteiger partial charge < -0.3 is 42.6 Å². The van der Waals surface area contributed by atoms with E-state index >= 15 is 0 Å². The van der Waals surface area contributed by atoms with Crippen LogP contribution in [0.2, 0.25) is 0 Å². The lowest BCUT2D eigenvalue weighted by molar-refractivity contribution is -0.142. The molecule has 4 atom stereocenters. The zero-order valence-electron chi connectivity index (χ0n) is 22.3. The van der Waals surface area contributed by atoms with E-state index in [-0.39, 0.29) is 25.2 Å². The first kappa shape index (κ1) is 31.8. The zero-order chi connectivity index (χ0) is 30.0. The number of hydrogen-bond donors (Lipinski definition) is 8. The number of carbonyl (C=O) groups excluding carboxylic acids is 4. The van der Waals surface area contributed by atoms with Gasteiger partial charge in [-0.2, -0.15) is 0 Å². The van der Waals surface area contributed by atoms with Gasteiger partial charge in [0.25, 0.3) is 0 Å². The van der Waals surface area contributed by atoms with Crippen LogP contribution in [0.5, 0.6) is 0 Å². The number of primary amides is 1. The lowest BCUT2D eigenvalue weighted by Crippen LogP contribution is -2.57. The van der Waals surface area contributed by atoms with E-state index in [4.69, 9.17) is 16.6 Å². The van der Waals surface area contributed by atoms with E-state index < -0.39 is 72.6 Å². The molecule has 1 heterocycles. The van der Waals surface area contributed by atoms with Gasteiger partial charge in [-0.15, -0.1) is 0 Å². The highest BCUT2D eigenvalue weighted by Gasteiger charge is 2.31. The van der Waals surface area contributed by atoms with Crippen molar-refractivity contribution >= 4 is 46.5 Å². The molecule has 2 aromatic rings. The molecule has 1 aromatic heterocycles. The number of hydrogen-bond acceptors (Lipinski definition) is 7. The maximum Gasteiger partial charge on any atom is 0.326 e. The summed E-state index contributed by atoms with van der Waals surface area (Å²) in [6, 6.07) is 2.03. The topological polar surface area (TPSA) is 247 Å². The summed E-state index contributed by atoms with van der Waals surface area (Å²) in [6.07, 6.45) is 0.449. The third kappa shape index (κ3) is 9.69. The molecule has 14 heteroatoms. The van der Waals surface area contributed by atoms with Crippen molar-refractivity contribution in [1.82, 2.24) is 20.9 Å². The van der Waals surface area contributed by atoms with E-state index in [0.29, 0.717) is 5.56 Å². The number of rotatable bonds is 16. The molecule has 2 rings (SSSR count). The number of aromatic nitrogens is 1. The second-order valence-corrected chi connectivity index (χ2v) is 9.92. The summed E-state index contributed by atoms with van der Waals surface area (Å²) in [5.41, 5.74) is 12.2. The fourth-order valence-corrected chi connectivity index (χ4v) is 4.09. The SMILES string of the molecule is CC(C)CC(NC(=O)C(CCC(=O)O)NC(=O)C(N)CC(N)=O)C(=O)NC(Cc1c[nH]c2ccccc12)C(=O)O. The number of H-pyrrole nitrogens is 1. The Kier molecular flexibility index (Phi) is 11.6. The van der Waals surface area contributed by atoms with Crippen molar-refractivity contribution in [2.75, 3.05) is 0 Å². The molecule has 0 spiro atoms. The van der Waals surface area contributed by atoms with Crippen LogP contribution in [-0.2, 0) is 35.2 Å². The quantitative estimate of drug-likeness (QED) is 0.130. The minimum atomic E-state index is -1.40. The van der Waals surface area contributed by atoms with Gasteiger partial charge in [0.05, 0.1) is 12.5 Å². The van der Waals surface area contributed by atoms with Crippen molar-refractivity contribution in [2.24, 2.45) is 17.4 Å². The molecule has 4 amide bonds. The number of carboxylic acids is 2. The summed E-state index contributed by atoms with van der Waals surface area (Å²) in [5, 5.41) is 27.0. The maximum atomic E-state index is 13.2. The van der Waals surface area contributed by atoms with Crippen molar-refractivity contribution in [1.29, 1.82) is 0 Å². The molecule has 0 fully saturated rings. The lowest BCUT2D eigenvalue weighted by atomic mass is 10.0. The van der Waals surface area contributed by atoms with Crippen LogP contribution in [0.3, 0.4) is 0 Å². The van der Waals surface area contributed by atoms with Gasteiger partial charge >= 0.3 is 11.9 Å². The molecule has 4 unspecified atom stereocenters. The summed E-state index contributed by atoms with van der Waals surface area (Å²) >= 11 is 0. The van der Waals surface area contributed by atoms with Crippen LogP contribution >= 0.6 is 0 Å². The standard InChI is InChI=1S/C26H36N6O8/c1-13(2)9-19(31-24(37)18(7-8-22(34)35)30-23(36)16(27)11-21(28)33)25(38)32-20(26(39)40)10-14-12-29-17-6-4-3-5-15(14)17/h3-6,12-13,16,18-20,29H,7-11,27H2,1-2H3,(H2,28,33)(H,30,36)(H,31,37)(H,32,38)(H,34,35)(H,39,40). The second-order valence-electron chi connectivity index (χ2n) is 9.92. The van der Waals surface area contributed by atoms with Gasteiger partial charge in [-0.25, -0.2) is 4.79 Å². The van der Waals surface area contributed by atoms with Gasteiger partial charge in [-0.1, -0.05) is 32.0 Å². The highest BCUT2D eigenvalue weighted by Crippen LogP contribution is 2.19. The Balaban J connectivity index is 2.19. The average molecular weight is 561 g/mol. The number of carboxylic acid groups (broad SMARTS) is 2. The summed E-state index contributed by atoms with van der Waals surface area (Å²) in [5.74, 6) is -5.99. The first-order valence-corrected chi connectivity index (χ1v) is 12.7. The van der Waals surface area contributed by atoms with Gasteiger partial charge in [0.15, 0.2) is 0 Å². The van der Waals surface area contributed by atoms with Crippen LogP contribution < -0.4 is 27.4 Å². The summed E-state index contributed by atoms with van der Waals surface area (Å²) in [6.45, 7) is 3.58. The van der Waals surface area contributed by atoms with Gasteiger partial charge in [-0.05, 0) is 30.4 Å². The fraction of sp³-hybridized carbons (Fsp3) is 0.462. The molecule has 10 N–H and O–H groups in total. The molecule has 0 radical (unpaired) electrons. The molecule has 0 aliphatic rings. The first-order valence-electron chi connectivity index (χ1n) is 12.7. The minimum absolute atomic E-state index is 0.0253. The molecular weight excluding hydrogens is 524 g/mol. The van der Waals surface area contributed by atoms with E-state index in [0.717, 1.165) is 10.9 Å². The van der Waals surface area contributed by atoms with Crippen molar-refractivity contribution in [3.05, 3.63) is 36.0 Å². The number of amides is 4. The van der Waals surface area contributed by atoms with Gasteiger partial charge in [0.2, 0.25) is 23.6 Å². The van der Waals surface area contributed by atoms with Crippen LogP contribution in [0.1, 0.15) is 45.1 Å². The number of fused-ring (bicyclic) bond motifs is 1. The summed E-state index contributed by atoms with van der Waals surface area (Å²) in [7, 11) is 0. The highest BCUT2D eigenvalue weighted by molar-refractivity contribution is 5.95. The number of aliphatic carboxylic acids is 2. The van der Waals surface area contributed by atoms with Gasteiger partial charge in [0, 0.05) is 29.9 Å². The molecular formula is C26H36N6O8. The summed E-state index contributed by atoms with van der Waals surface area (Å²) < 4.78 is 0. The smallest absolute Gasteiger partial charge is 0.326 e. The van der Waals surface area contributed by atoms with E-state index in [1.807, 2.05) is 24.3 Å². The molecule has 14 nitrogen and oxygen atoms in total. The molecule has 218 valence electrons. The number of benzene rings is 1. The predicted molar refractivity (Wildman–Crippen MR) is 144 cm³/mol. The number of nitrogens with two attached hydrogens (primary N) is 2. The molecule has 0 saturated carbocycles. The lowest BCUT2D eigenvalue weighted by Gasteiger charge is -2.26. The number of para-hydroxylation sites is 1. The third-order valence-electron chi connectivity index (χ3n) is 6.09. The molecule has 0 bridgehead atoms. The second kappa shape index (κ2) is 14.6. The molecule has 1 aromatic carbocycles. The van der Waals surface area contributed by atoms with Crippen LogP contribution in [0.25, 0.3) is 10.9 Å². The maximum absolute atomic E-state index is 13.2. The Morgan fingerprint density at radius 3 is 2.10 bits per heavy atom. The monoisotopic (exact) mass is 560 g/mol. The van der Waals surface area contributed by atoms with Gasteiger partial charge in [-0.3, -0.25) is 24.0 Å². The van der Waals surface area contributed by atoms with Crippen LogP contribution in [0.4, 0.5) is 0 Å². The highest BCUT2D eigenvalue weighted by atomic mass is 16.4. The number of nitrogens with one attached hydrogen (secondary N) is 4. The van der Waals surface area contributed by atoms with E-state index in [9.17, 15) is 33.9 Å². The number of carbonyl (C=O) groups is 6. The van der Waals surface area contributed by atoms with Crippen molar-refractivity contribution in [3.63, 3.8) is 0 Å². The van der Waals surface area contributed by atoms with E-state index in [1.165, 1.54) is 0 Å².